The number of halogens is 3. The fraction of sp³-hybridized carbons (Fsp3) is 0.333. The quantitative estimate of drug-likeness (QED) is 0.695. The van der Waals surface area contributed by atoms with Gasteiger partial charge in [-0.15, -0.1) is 0 Å². The molecule has 0 unspecified atom stereocenters. The van der Waals surface area contributed by atoms with Crippen molar-refractivity contribution in [2.75, 3.05) is 31.5 Å². The van der Waals surface area contributed by atoms with E-state index in [0.717, 1.165) is 31.8 Å². The highest BCUT2D eigenvalue weighted by atomic mass is 19.4. The molecular formula is C21H24F3N3O2. The van der Waals surface area contributed by atoms with Gasteiger partial charge in [-0.05, 0) is 55.6 Å². The molecule has 0 aliphatic carbocycles. The summed E-state index contributed by atoms with van der Waals surface area (Å²) in [5.41, 5.74) is -0.173. The summed E-state index contributed by atoms with van der Waals surface area (Å²) in [7, 11) is 0. The van der Waals surface area contributed by atoms with E-state index in [4.69, 9.17) is 0 Å². The predicted octanol–water partition coefficient (Wildman–Crippen LogP) is 4.03. The molecule has 0 aliphatic rings. The fourth-order valence-electron chi connectivity index (χ4n) is 2.71. The van der Waals surface area contributed by atoms with Crippen molar-refractivity contribution in [2.24, 2.45) is 0 Å². The number of benzene rings is 2. The van der Waals surface area contributed by atoms with Crippen molar-refractivity contribution in [3.63, 3.8) is 0 Å². The topological polar surface area (TPSA) is 61.4 Å². The molecule has 156 valence electrons. The van der Waals surface area contributed by atoms with Crippen molar-refractivity contribution in [1.29, 1.82) is 0 Å². The number of nitrogens with zero attached hydrogens (tertiary/aromatic N) is 1. The Labute approximate surface area is 167 Å². The molecule has 0 saturated heterocycles. The van der Waals surface area contributed by atoms with E-state index in [0.29, 0.717) is 17.8 Å². The molecule has 0 fully saturated rings. The van der Waals surface area contributed by atoms with Gasteiger partial charge in [-0.25, -0.2) is 0 Å². The molecule has 2 rings (SSSR count). The Balaban J connectivity index is 1.95. The first kappa shape index (κ1) is 22.4. The number of alkyl halides is 3. The van der Waals surface area contributed by atoms with Crippen molar-refractivity contribution >= 4 is 17.5 Å². The Morgan fingerprint density at radius 3 is 2.17 bits per heavy atom. The van der Waals surface area contributed by atoms with E-state index in [1.807, 2.05) is 0 Å². The van der Waals surface area contributed by atoms with E-state index < -0.39 is 17.6 Å². The molecule has 0 aromatic heterocycles. The Morgan fingerprint density at radius 1 is 0.931 bits per heavy atom. The van der Waals surface area contributed by atoms with Gasteiger partial charge in [0.25, 0.3) is 11.8 Å². The van der Waals surface area contributed by atoms with Crippen LogP contribution in [0.2, 0.25) is 0 Å². The van der Waals surface area contributed by atoms with Crippen molar-refractivity contribution in [3.05, 3.63) is 65.2 Å². The maximum atomic E-state index is 12.8. The molecule has 5 nitrogen and oxygen atoms in total. The maximum Gasteiger partial charge on any atom is 0.416 e. The molecule has 2 N–H and O–H groups in total. The summed E-state index contributed by atoms with van der Waals surface area (Å²) in [5.74, 6) is -0.888. The highest BCUT2D eigenvalue weighted by Crippen LogP contribution is 2.29. The number of amides is 2. The van der Waals surface area contributed by atoms with Crippen LogP contribution >= 0.6 is 0 Å². The SMILES string of the molecule is CCN(CC)CCNC(=O)c1ccc(NC(=O)c2cccc(C(F)(F)F)c2)cc1. The summed E-state index contributed by atoms with van der Waals surface area (Å²) in [5, 5.41) is 5.36. The number of nitrogens with one attached hydrogen (secondary N) is 2. The average molecular weight is 407 g/mol. The van der Waals surface area contributed by atoms with Crippen molar-refractivity contribution in [1.82, 2.24) is 10.2 Å². The minimum atomic E-state index is -4.52. The van der Waals surface area contributed by atoms with Gasteiger partial charge in [-0.1, -0.05) is 19.9 Å². The minimum absolute atomic E-state index is 0.0990. The molecule has 2 amide bonds. The summed E-state index contributed by atoms with van der Waals surface area (Å²) in [6.07, 6.45) is -4.52. The van der Waals surface area contributed by atoms with Gasteiger partial charge in [-0.3, -0.25) is 9.59 Å². The molecule has 0 bridgehead atoms. The summed E-state index contributed by atoms with van der Waals surface area (Å²) < 4.78 is 38.3. The highest BCUT2D eigenvalue weighted by molar-refractivity contribution is 6.04. The lowest BCUT2D eigenvalue weighted by atomic mass is 10.1. The molecule has 0 spiro atoms. The van der Waals surface area contributed by atoms with Gasteiger partial charge in [0.15, 0.2) is 0 Å². The van der Waals surface area contributed by atoms with Gasteiger partial charge >= 0.3 is 6.18 Å². The van der Waals surface area contributed by atoms with Gasteiger partial charge in [0.1, 0.15) is 0 Å². The first-order chi connectivity index (χ1) is 13.7. The average Bonchev–Trinajstić information content (AvgIpc) is 2.71. The summed E-state index contributed by atoms with van der Waals surface area (Å²) in [6.45, 7) is 7.20. The van der Waals surface area contributed by atoms with Crippen molar-refractivity contribution in [3.8, 4) is 0 Å². The number of likely N-dealkylation sites (N-methyl/N-ethyl adjacent to an activating group) is 1. The second kappa shape index (κ2) is 10.1. The van der Waals surface area contributed by atoms with Crippen LogP contribution in [0.5, 0.6) is 0 Å². The van der Waals surface area contributed by atoms with Crippen LogP contribution in [0, 0.1) is 0 Å². The maximum absolute atomic E-state index is 12.8. The normalized spacial score (nSPS) is 11.4. The smallest absolute Gasteiger partial charge is 0.351 e. The number of rotatable bonds is 8. The van der Waals surface area contributed by atoms with Gasteiger partial charge in [0.05, 0.1) is 5.56 Å². The van der Waals surface area contributed by atoms with E-state index in [1.165, 1.54) is 24.3 Å². The molecule has 0 radical (unpaired) electrons. The van der Waals surface area contributed by atoms with Gasteiger partial charge in [-0.2, -0.15) is 13.2 Å². The zero-order chi connectivity index (χ0) is 21.4. The standard InChI is InChI=1S/C21H24F3N3O2/c1-3-27(4-2)13-12-25-19(28)15-8-10-18(11-9-15)26-20(29)16-6-5-7-17(14-16)21(22,23)24/h5-11,14H,3-4,12-13H2,1-2H3,(H,25,28)(H,26,29). The van der Waals surface area contributed by atoms with E-state index >= 15 is 0 Å². The molecule has 0 heterocycles. The Kier molecular flexibility index (Phi) is 7.78. The van der Waals surface area contributed by atoms with E-state index in [9.17, 15) is 22.8 Å². The van der Waals surface area contributed by atoms with E-state index in [-0.39, 0.29) is 11.5 Å². The third-order valence-electron chi connectivity index (χ3n) is 4.47. The van der Waals surface area contributed by atoms with Crippen LogP contribution in [0.1, 0.15) is 40.1 Å². The molecule has 0 saturated carbocycles. The first-order valence-corrected chi connectivity index (χ1v) is 9.33. The van der Waals surface area contributed by atoms with Crippen LogP contribution in [-0.2, 0) is 6.18 Å². The molecule has 29 heavy (non-hydrogen) atoms. The first-order valence-electron chi connectivity index (χ1n) is 9.33. The Morgan fingerprint density at radius 2 is 1.59 bits per heavy atom. The lowest BCUT2D eigenvalue weighted by Crippen LogP contribution is -2.34. The number of hydrogen-bond acceptors (Lipinski definition) is 3. The molecule has 0 aliphatic heterocycles. The van der Waals surface area contributed by atoms with Crippen LogP contribution in [0.15, 0.2) is 48.5 Å². The van der Waals surface area contributed by atoms with Crippen LogP contribution in [0.4, 0.5) is 18.9 Å². The van der Waals surface area contributed by atoms with Crippen LogP contribution in [0.3, 0.4) is 0 Å². The molecule has 0 atom stereocenters. The van der Waals surface area contributed by atoms with Gasteiger partial charge < -0.3 is 15.5 Å². The monoisotopic (exact) mass is 407 g/mol. The third-order valence-corrected chi connectivity index (χ3v) is 4.47. The molecule has 8 heteroatoms. The summed E-state index contributed by atoms with van der Waals surface area (Å²) in [4.78, 5) is 26.6. The number of anilines is 1. The molecule has 2 aromatic carbocycles. The second-order valence-electron chi connectivity index (χ2n) is 6.39. The lowest BCUT2D eigenvalue weighted by molar-refractivity contribution is -0.137. The van der Waals surface area contributed by atoms with Crippen LogP contribution < -0.4 is 10.6 Å². The Bertz CT molecular complexity index is 832. The summed E-state index contributed by atoms with van der Waals surface area (Å²) in [6, 6.07) is 10.4. The largest absolute Gasteiger partial charge is 0.416 e. The number of carbonyl (C=O) groups excluding carboxylic acids is 2. The van der Waals surface area contributed by atoms with Crippen molar-refractivity contribution in [2.45, 2.75) is 20.0 Å². The van der Waals surface area contributed by atoms with Crippen molar-refractivity contribution < 1.29 is 22.8 Å². The second-order valence-corrected chi connectivity index (χ2v) is 6.39. The summed E-state index contributed by atoms with van der Waals surface area (Å²) >= 11 is 0. The van der Waals surface area contributed by atoms with E-state index in [1.54, 1.807) is 12.1 Å². The Hall–Kier alpha value is -2.87. The van der Waals surface area contributed by atoms with Crippen LogP contribution in [-0.4, -0.2) is 42.9 Å². The number of hydrogen-bond donors (Lipinski definition) is 2. The van der Waals surface area contributed by atoms with Gasteiger partial charge in [0.2, 0.25) is 0 Å². The zero-order valence-electron chi connectivity index (χ0n) is 16.3. The molecule has 2 aromatic rings. The fourth-order valence-corrected chi connectivity index (χ4v) is 2.71. The third kappa shape index (κ3) is 6.60. The highest BCUT2D eigenvalue weighted by Gasteiger charge is 2.30. The van der Waals surface area contributed by atoms with Gasteiger partial charge in [0, 0.05) is 29.9 Å². The zero-order valence-corrected chi connectivity index (χ0v) is 16.3. The van der Waals surface area contributed by atoms with Crippen LogP contribution in [0.25, 0.3) is 0 Å². The predicted molar refractivity (Wildman–Crippen MR) is 106 cm³/mol. The number of carbonyl (C=O) groups is 2. The van der Waals surface area contributed by atoms with E-state index in [2.05, 4.69) is 29.4 Å². The lowest BCUT2D eigenvalue weighted by Gasteiger charge is -2.18. The minimum Gasteiger partial charge on any atom is -0.351 e. The molecular weight excluding hydrogens is 383 g/mol.